The van der Waals surface area contributed by atoms with Crippen LogP contribution in [0.4, 0.5) is 5.69 Å². The maximum Gasteiger partial charge on any atom is 0.166 e. The summed E-state index contributed by atoms with van der Waals surface area (Å²) in [6.07, 6.45) is 4.52. The van der Waals surface area contributed by atoms with Crippen LogP contribution >= 0.6 is 0 Å². The standard InChI is InChI=1S/C15H19NO2/c17-15-8-10-16(9-7-12-4-3-11-18-12)14-6-2-1-5-13(14)15/h1-2,5-6,12H,3-4,7-11H2. The molecule has 3 heteroatoms. The molecule has 1 atom stereocenters. The molecule has 3 rings (SSSR count). The third-order valence-electron chi connectivity index (χ3n) is 3.90. The number of benzene rings is 1. The van der Waals surface area contributed by atoms with Crippen molar-refractivity contribution in [3.8, 4) is 0 Å². The zero-order valence-electron chi connectivity index (χ0n) is 10.6. The minimum atomic E-state index is 0.277. The molecule has 96 valence electrons. The van der Waals surface area contributed by atoms with E-state index in [0.29, 0.717) is 12.5 Å². The molecule has 2 heterocycles. The van der Waals surface area contributed by atoms with Crippen LogP contribution in [0.15, 0.2) is 24.3 Å². The van der Waals surface area contributed by atoms with Gasteiger partial charge in [0.2, 0.25) is 0 Å². The van der Waals surface area contributed by atoms with Crippen LogP contribution in [0, 0.1) is 0 Å². The second-order valence-corrected chi connectivity index (χ2v) is 5.10. The maximum atomic E-state index is 11.8. The van der Waals surface area contributed by atoms with Gasteiger partial charge in [0.15, 0.2) is 5.78 Å². The molecule has 0 N–H and O–H groups in total. The second kappa shape index (κ2) is 5.11. The summed E-state index contributed by atoms with van der Waals surface area (Å²) in [6, 6.07) is 7.95. The lowest BCUT2D eigenvalue weighted by atomic mass is 10.00. The summed E-state index contributed by atoms with van der Waals surface area (Å²) in [4.78, 5) is 14.2. The molecule has 0 aromatic heterocycles. The topological polar surface area (TPSA) is 29.5 Å². The van der Waals surface area contributed by atoms with Crippen LogP contribution in [-0.4, -0.2) is 31.6 Å². The van der Waals surface area contributed by atoms with Gasteiger partial charge in [-0.15, -0.1) is 0 Å². The van der Waals surface area contributed by atoms with Crippen molar-refractivity contribution in [1.29, 1.82) is 0 Å². The highest BCUT2D eigenvalue weighted by atomic mass is 16.5. The van der Waals surface area contributed by atoms with Gasteiger partial charge in [-0.05, 0) is 31.4 Å². The Bertz CT molecular complexity index is 438. The van der Waals surface area contributed by atoms with E-state index in [4.69, 9.17) is 4.74 Å². The highest BCUT2D eigenvalue weighted by molar-refractivity contribution is 6.03. The van der Waals surface area contributed by atoms with Gasteiger partial charge in [-0.25, -0.2) is 0 Å². The van der Waals surface area contributed by atoms with Crippen molar-refractivity contribution in [3.05, 3.63) is 29.8 Å². The Kier molecular flexibility index (Phi) is 3.33. The van der Waals surface area contributed by atoms with E-state index in [0.717, 1.165) is 37.4 Å². The number of ketones is 1. The summed E-state index contributed by atoms with van der Waals surface area (Å²) in [7, 11) is 0. The number of Topliss-reactive ketones (excluding diaryl/α,β-unsaturated/α-hetero) is 1. The normalized spacial score (nSPS) is 23.2. The molecule has 2 aliphatic heterocycles. The number of carbonyl (C=O) groups is 1. The van der Waals surface area contributed by atoms with Gasteiger partial charge in [-0.3, -0.25) is 4.79 Å². The lowest BCUT2D eigenvalue weighted by Crippen LogP contribution is -2.34. The number of ether oxygens (including phenoxy) is 1. The Morgan fingerprint density at radius 1 is 1.33 bits per heavy atom. The van der Waals surface area contributed by atoms with Crippen LogP contribution in [-0.2, 0) is 4.74 Å². The molecule has 3 nitrogen and oxygen atoms in total. The van der Waals surface area contributed by atoms with E-state index in [1.54, 1.807) is 0 Å². The molecule has 1 saturated heterocycles. The average molecular weight is 245 g/mol. The fourth-order valence-corrected chi connectivity index (χ4v) is 2.88. The molecule has 1 unspecified atom stereocenters. The smallest absolute Gasteiger partial charge is 0.166 e. The lowest BCUT2D eigenvalue weighted by molar-refractivity contribution is 0.0975. The Morgan fingerprint density at radius 3 is 3.06 bits per heavy atom. The predicted octanol–water partition coefficient (Wildman–Crippen LogP) is 2.65. The van der Waals surface area contributed by atoms with Crippen molar-refractivity contribution in [1.82, 2.24) is 0 Å². The van der Waals surface area contributed by atoms with Gasteiger partial charge in [0.25, 0.3) is 0 Å². The molecule has 0 bridgehead atoms. The van der Waals surface area contributed by atoms with Gasteiger partial charge >= 0.3 is 0 Å². The van der Waals surface area contributed by atoms with Crippen molar-refractivity contribution < 1.29 is 9.53 Å². The summed E-state index contributed by atoms with van der Waals surface area (Å²) in [5.41, 5.74) is 1.99. The number of rotatable bonds is 3. The Labute approximate surface area is 108 Å². The van der Waals surface area contributed by atoms with Gasteiger partial charge in [-0.2, -0.15) is 0 Å². The van der Waals surface area contributed by atoms with E-state index in [1.165, 1.54) is 12.8 Å². The van der Waals surface area contributed by atoms with E-state index in [9.17, 15) is 4.79 Å². The molecule has 2 aliphatic rings. The minimum Gasteiger partial charge on any atom is -0.378 e. The molecule has 0 spiro atoms. The summed E-state index contributed by atoms with van der Waals surface area (Å²) < 4.78 is 5.66. The Morgan fingerprint density at radius 2 is 2.22 bits per heavy atom. The van der Waals surface area contributed by atoms with Crippen molar-refractivity contribution in [2.75, 3.05) is 24.6 Å². The summed E-state index contributed by atoms with van der Waals surface area (Å²) in [5.74, 6) is 0.277. The summed E-state index contributed by atoms with van der Waals surface area (Å²) in [6.45, 7) is 2.76. The van der Waals surface area contributed by atoms with Crippen LogP contribution in [0.2, 0.25) is 0 Å². The molecule has 0 saturated carbocycles. The molecule has 0 aliphatic carbocycles. The van der Waals surface area contributed by atoms with Gasteiger partial charge in [0.05, 0.1) is 6.10 Å². The van der Waals surface area contributed by atoms with Crippen LogP contribution in [0.3, 0.4) is 0 Å². The molecule has 1 aromatic carbocycles. The first-order valence-corrected chi connectivity index (χ1v) is 6.83. The fraction of sp³-hybridized carbons (Fsp3) is 0.533. The number of hydrogen-bond acceptors (Lipinski definition) is 3. The number of para-hydroxylation sites is 1. The molecular formula is C15H19NO2. The highest BCUT2D eigenvalue weighted by Crippen LogP contribution is 2.27. The quantitative estimate of drug-likeness (QED) is 0.820. The molecule has 1 fully saturated rings. The van der Waals surface area contributed by atoms with Crippen LogP contribution in [0.1, 0.15) is 36.0 Å². The third-order valence-corrected chi connectivity index (χ3v) is 3.90. The first kappa shape index (κ1) is 11.7. The SMILES string of the molecule is O=C1CCN(CCC2CCCO2)c2ccccc21. The third kappa shape index (κ3) is 2.27. The average Bonchev–Trinajstić information content (AvgIpc) is 2.92. The number of hydrogen-bond donors (Lipinski definition) is 0. The fourth-order valence-electron chi connectivity index (χ4n) is 2.88. The van der Waals surface area contributed by atoms with Crippen molar-refractivity contribution in [3.63, 3.8) is 0 Å². The Balaban J connectivity index is 1.69. The monoisotopic (exact) mass is 245 g/mol. The number of anilines is 1. The largest absolute Gasteiger partial charge is 0.378 e. The van der Waals surface area contributed by atoms with E-state index in [2.05, 4.69) is 11.0 Å². The van der Waals surface area contributed by atoms with E-state index >= 15 is 0 Å². The molecule has 1 aromatic rings. The predicted molar refractivity (Wildman–Crippen MR) is 71.2 cm³/mol. The zero-order valence-corrected chi connectivity index (χ0v) is 10.6. The minimum absolute atomic E-state index is 0.277. The zero-order chi connectivity index (χ0) is 12.4. The molecule has 18 heavy (non-hydrogen) atoms. The van der Waals surface area contributed by atoms with Gasteiger partial charge < -0.3 is 9.64 Å². The molecule has 0 radical (unpaired) electrons. The van der Waals surface area contributed by atoms with Crippen LogP contribution < -0.4 is 4.90 Å². The number of nitrogens with zero attached hydrogens (tertiary/aromatic N) is 1. The van der Waals surface area contributed by atoms with Crippen molar-refractivity contribution in [2.45, 2.75) is 31.8 Å². The molecular weight excluding hydrogens is 226 g/mol. The summed E-state index contributed by atoms with van der Waals surface area (Å²) >= 11 is 0. The maximum absolute atomic E-state index is 11.8. The highest BCUT2D eigenvalue weighted by Gasteiger charge is 2.23. The van der Waals surface area contributed by atoms with E-state index in [-0.39, 0.29) is 5.78 Å². The van der Waals surface area contributed by atoms with E-state index in [1.807, 2.05) is 18.2 Å². The Hall–Kier alpha value is -1.35. The summed E-state index contributed by atoms with van der Waals surface area (Å²) in [5, 5.41) is 0. The number of fused-ring (bicyclic) bond motifs is 1. The van der Waals surface area contributed by atoms with E-state index < -0.39 is 0 Å². The van der Waals surface area contributed by atoms with Crippen molar-refractivity contribution in [2.24, 2.45) is 0 Å². The van der Waals surface area contributed by atoms with Gasteiger partial charge in [0.1, 0.15) is 0 Å². The lowest BCUT2D eigenvalue weighted by Gasteiger charge is -2.31. The molecule has 0 amide bonds. The first-order valence-electron chi connectivity index (χ1n) is 6.83. The van der Waals surface area contributed by atoms with Gasteiger partial charge in [-0.1, -0.05) is 12.1 Å². The van der Waals surface area contributed by atoms with Crippen LogP contribution in [0.25, 0.3) is 0 Å². The second-order valence-electron chi connectivity index (χ2n) is 5.10. The van der Waals surface area contributed by atoms with Crippen LogP contribution in [0.5, 0.6) is 0 Å². The van der Waals surface area contributed by atoms with Gasteiger partial charge in [0, 0.05) is 37.4 Å². The number of carbonyl (C=O) groups excluding carboxylic acids is 1. The van der Waals surface area contributed by atoms with Crippen molar-refractivity contribution >= 4 is 11.5 Å². The first-order chi connectivity index (χ1) is 8.84.